The van der Waals surface area contributed by atoms with Crippen molar-refractivity contribution in [2.24, 2.45) is 10.9 Å². The lowest BCUT2D eigenvalue weighted by Crippen LogP contribution is -2.66. The third-order valence-corrected chi connectivity index (χ3v) is 8.57. The second-order valence-electron chi connectivity index (χ2n) is 10.9. The molecule has 4 rings (SSSR count). The highest BCUT2D eigenvalue weighted by atomic mass is 32.2. The number of allylic oxidation sites excluding steroid dienone is 1. The number of carbonyl (C=O) groups is 1. The van der Waals surface area contributed by atoms with Crippen LogP contribution in [0.4, 0.5) is 11.4 Å². The lowest BCUT2D eigenvalue weighted by molar-refractivity contribution is -0.405. The Morgan fingerprint density at radius 1 is 1.07 bits per heavy atom. The first-order valence-corrected chi connectivity index (χ1v) is 16.9. The number of rotatable bonds is 13. The van der Waals surface area contributed by atoms with E-state index < -0.39 is 43.8 Å². The third kappa shape index (κ3) is 8.46. The summed E-state index contributed by atoms with van der Waals surface area (Å²) in [4.78, 5) is 19.6. The van der Waals surface area contributed by atoms with Crippen molar-refractivity contribution in [1.82, 2.24) is 4.90 Å². The number of nitrogens with zero attached hydrogens (tertiary/aromatic N) is 2. The fourth-order valence-electron chi connectivity index (χ4n) is 5.06. The minimum atomic E-state index is -4.16. The van der Waals surface area contributed by atoms with Crippen molar-refractivity contribution in [1.29, 1.82) is 0 Å². The van der Waals surface area contributed by atoms with E-state index in [1.54, 1.807) is 18.2 Å². The van der Waals surface area contributed by atoms with Crippen molar-refractivity contribution in [3.05, 3.63) is 54.3 Å². The molecule has 12 nitrogen and oxygen atoms in total. The molecule has 2 aromatic carbocycles. The van der Waals surface area contributed by atoms with Crippen LogP contribution in [0, 0.1) is 5.92 Å². The van der Waals surface area contributed by atoms with Gasteiger partial charge in [-0.15, -0.1) is 0 Å². The van der Waals surface area contributed by atoms with Gasteiger partial charge in [-0.3, -0.25) is 18.8 Å². The first kappa shape index (κ1) is 31.8. The molecule has 42 heavy (non-hydrogen) atoms. The van der Waals surface area contributed by atoms with E-state index in [0.29, 0.717) is 40.9 Å². The Morgan fingerprint density at radius 2 is 1.69 bits per heavy atom. The van der Waals surface area contributed by atoms with Gasteiger partial charge in [0.2, 0.25) is 0 Å². The van der Waals surface area contributed by atoms with Crippen LogP contribution in [0.2, 0.25) is 0 Å². The number of hydrogen-bond acceptors (Lipinski definition) is 8. The van der Waals surface area contributed by atoms with Gasteiger partial charge < -0.3 is 15.8 Å². The van der Waals surface area contributed by atoms with Gasteiger partial charge >= 0.3 is 0 Å². The highest BCUT2D eigenvalue weighted by molar-refractivity contribution is 7.86. The molecular weight excluding hydrogens is 584 g/mol. The zero-order chi connectivity index (χ0) is 30.7. The predicted molar refractivity (Wildman–Crippen MR) is 161 cm³/mol. The maximum absolute atomic E-state index is 12.9. The summed E-state index contributed by atoms with van der Waals surface area (Å²) in [5.41, 5.74) is 5.78. The molecule has 1 amide bonds. The molecule has 2 atom stereocenters. The predicted octanol–water partition coefficient (Wildman–Crippen LogP) is 2.58. The topological polar surface area (TPSA) is 190 Å². The van der Waals surface area contributed by atoms with Crippen LogP contribution >= 0.6 is 0 Å². The fourth-order valence-corrected chi connectivity index (χ4v) is 6.05. The van der Waals surface area contributed by atoms with Crippen molar-refractivity contribution < 1.29 is 41.2 Å². The van der Waals surface area contributed by atoms with Gasteiger partial charge in [0.25, 0.3) is 26.1 Å². The fraction of sp³-hybridized carbons (Fsp3) is 0.429. The van der Waals surface area contributed by atoms with Crippen molar-refractivity contribution in [2.75, 3.05) is 29.9 Å². The number of quaternary nitrogens is 1. The van der Waals surface area contributed by atoms with Crippen LogP contribution in [0.1, 0.15) is 33.1 Å². The molecule has 2 aromatic rings. The van der Waals surface area contributed by atoms with Gasteiger partial charge in [0.05, 0.1) is 23.2 Å². The van der Waals surface area contributed by atoms with Crippen LogP contribution in [0.3, 0.4) is 0 Å². The van der Waals surface area contributed by atoms with Gasteiger partial charge in [-0.2, -0.15) is 16.8 Å². The summed E-state index contributed by atoms with van der Waals surface area (Å²) in [6.45, 7) is 4.53. The molecular formula is C28H37N4O8S2+. The number of nitrogens with one attached hydrogen (secondary N) is 1. The van der Waals surface area contributed by atoms with Crippen LogP contribution in [-0.4, -0.2) is 79.1 Å². The zero-order valence-electron chi connectivity index (χ0n) is 23.6. The van der Waals surface area contributed by atoms with Crippen molar-refractivity contribution in [3.63, 3.8) is 0 Å². The highest BCUT2D eigenvalue weighted by Gasteiger charge is 2.28. The molecule has 1 heterocycles. The Balaban J connectivity index is 1.62. The number of benzene rings is 2. The molecule has 6 N–H and O–H groups in total. The van der Waals surface area contributed by atoms with Crippen LogP contribution in [0.5, 0.6) is 5.75 Å². The maximum Gasteiger partial charge on any atom is 0.282 e. The Hall–Kier alpha value is -3.14. The molecule has 2 aliphatic rings. The van der Waals surface area contributed by atoms with E-state index in [9.17, 15) is 21.6 Å². The van der Waals surface area contributed by atoms with Crippen LogP contribution in [0.15, 0.2) is 59.3 Å². The molecule has 0 saturated heterocycles. The number of fused-ring (bicyclic) bond motifs is 4. The maximum atomic E-state index is 12.9. The molecule has 1 aliphatic carbocycles. The SMILES string of the molecule is CC(C)C[C@H]([NH3+])C(=O)Nc1cc2c(c3ccccc13)N=C1C=CC(N(CCCS(=O)(=O)O)CCCS(=O)(=O)O)C=C1O2. The lowest BCUT2D eigenvalue weighted by atomic mass is 10.0. The number of amides is 1. The van der Waals surface area contributed by atoms with Gasteiger partial charge in [0.1, 0.15) is 11.4 Å². The summed E-state index contributed by atoms with van der Waals surface area (Å²) >= 11 is 0. The highest BCUT2D eigenvalue weighted by Crippen LogP contribution is 2.44. The normalized spacial score (nSPS) is 17.4. The van der Waals surface area contributed by atoms with Gasteiger partial charge in [0, 0.05) is 36.3 Å². The first-order valence-electron chi connectivity index (χ1n) is 13.7. The molecule has 14 heteroatoms. The molecule has 0 radical (unpaired) electrons. The Labute approximate surface area is 245 Å². The minimum Gasteiger partial charge on any atom is -0.453 e. The van der Waals surface area contributed by atoms with E-state index in [2.05, 4.69) is 11.1 Å². The number of anilines is 1. The van der Waals surface area contributed by atoms with Gasteiger partial charge in [-0.1, -0.05) is 44.2 Å². The standard InChI is InChI=1S/C28H36N4O8S2/c1-18(2)15-22(29)28(33)31-24-17-26-27(21-8-4-3-7-20(21)24)30-23-10-9-19(16-25(23)40-26)32(11-5-13-41(34,35)36)12-6-14-42(37,38)39/h3-4,7-10,16-19,22H,5-6,11-15,29H2,1-2H3,(H,31,33)(H,34,35,36)(H,37,38,39)/p+1/t19?,22-/m0/s1. The van der Waals surface area contributed by atoms with Crippen molar-refractivity contribution in [2.45, 2.75) is 45.2 Å². The molecule has 228 valence electrons. The van der Waals surface area contributed by atoms with E-state index in [1.807, 2.05) is 49.1 Å². The average molecular weight is 622 g/mol. The van der Waals surface area contributed by atoms with E-state index in [0.717, 1.165) is 10.8 Å². The molecule has 0 spiro atoms. The molecule has 1 aliphatic heterocycles. The summed E-state index contributed by atoms with van der Waals surface area (Å²) in [5.74, 6) is 0.124. The van der Waals surface area contributed by atoms with Crippen molar-refractivity contribution in [3.8, 4) is 5.75 Å². The average Bonchev–Trinajstić information content (AvgIpc) is 2.89. The smallest absolute Gasteiger partial charge is 0.282 e. The third-order valence-electron chi connectivity index (χ3n) is 6.96. The molecule has 0 bridgehead atoms. The second kappa shape index (κ2) is 13.0. The molecule has 0 fully saturated rings. The summed E-state index contributed by atoms with van der Waals surface area (Å²) < 4.78 is 69.6. The van der Waals surface area contributed by atoms with Crippen molar-refractivity contribution >= 4 is 54.0 Å². The van der Waals surface area contributed by atoms with Crippen LogP contribution in [-0.2, 0) is 25.0 Å². The van der Waals surface area contributed by atoms with Crippen LogP contribution in [0.25, 0.3) is 10.8 Å². The molecule has 0 aromatic heterocycles. The van der Waals surface area contributed by atoms with Gasteiger partial charge in [-0.25, -0.2) is 4.99 Å². The zero-order valence-corrected chi connectivity index (χ0v) is 25.2. The van der Waals surface area contributed by atoms with Gasteiger partial charge in [-0.05, 0) is 30.9 Å². The van der Waals surface area contributed by atoms with E-state index in [4.69, 9.17) is 18.8 Å². The van der Waals surface area contributed by atoms with Gasteiger partial charge in [0.15, 0.2) is 17.6 Å². The monoisotopic (exact) mass is 621 g/mol. The molecule has 0 saturated carbocycles. The quantitative estimate of drug-likeness (QED) is 0.244. The number of ether oxygens (including phenoxy) is 1. The Kier molecular flexibility index (Phi) is 9.85. The van der Waals surface area contributed by atoms with Crippen LogP contribution < -0.4 is 15.8 Å². The Bertz CT molecular complexity index is 1610. The summed E-state index contributed by atoms with van der Waals surface area (Å²) in [6.07, 6.45) is 6.29. The second-order valence-corrected chi connectivity index (χ2v) is 14.1. The minimum absolute atomic E-state index is 0.113. The number of hydrogen-bond donors (Lipinski definition) is 4. The summed E-state index contributed by atoms with van der Waals surface area (Å²) in [5, 5.41) is 4.61. The van der Waals surface area contributed by atoms with E-state index in [1.165, 1.54) is 0 Å². The first-order chi connectivity index (χ1) is 19.7. The molecule has 1 unspecified atom stereocenters. The van der Waals surface area contributed by atoms with E-state index in [-0.39, 0.29) is 31.8 Å². The summed E-state index contributed by atoms with van der Waals surface area (Å²) in [6, 6.07) is 8.49. The lowest BCUT2D eigenvalue weighted by Gasteiger charge is -2.31. The summed E-state index contributed by atoms with van der Waals surface area (Å²) in [7, 11) is -8.33. The van der Waals surface area contributed by atoms with E-state index >= 15 is 0 Å². The number of aliphatic imine (C=N–C) groups is 1. The Morgan fingerprint density at radius 3 is 2.29 bits per heavy atom. The number of carbonyl (C=O) groups excluding carboxylic acids is 1. The largest absolute Gasteiger partial charge is 0.453 e.